The summed E-state index contributed by atoms with van der Waals surface area (Å²) >= 11 is 0. The van der Waals surface area contributed by atoms with Gasteiger partial charge in [-0.1, -0.05) is 30.3 Å². The zero-order valence-corrected chi connectivity index (χ0v) is 9.43. The van der Waals surface area contributed by atoms with Gasteiger partial charge in [-0.05, 0) is 19.4 Å². The molecule has 0 fully saturated rings. The summed E-state index contributed by atoms with van der Waals surface area (Å²) in [6.07, 6.45) is 0.171. The largest absolute Gasteiger partial charge is 0.480 e. The Balaban J connectivity index is 2.77. The number of carboxylic acids is 1. The van der Waals surface area contributed by atoms with Gasteiger partial charge in [-0.2, -0.15) is 0 Å². The lowest BCUT2D eigenvalue weighted by molar-refractivity contribution is -0.154. The third-order valence-electron chi connectivity index (χ3n) is 2.35. The van der Waals surface area contributed by atoms with Gasteiger partial charge in [-0.15, -0.1) is 9.60 Å². The molecule has 0 aliphatic heterocycles. The Kier molecular flexibility index (Phi) is 4.43. The predicted octanol–water partition coefficient (Wildman–Crippen LogP) is 2.28. The highest BCUT2D eigenvalue weighted by molar-refractivity contribution is 5.73. The van der Waals surface area contributed by atoms with E-state index in [0.29, 0.717) is 5.12 Å². The van der Waals surface area contributed by atoms with Crippen LogP contribution in [0.25, 0.3) is 0 Å². The molecule has 3 nitrogen and oxygen atoms in total. The third-order valence-corrected chi connectivity index (χ3v) is 2.35. The molecule has 0 bridgehead atoms. The van der Waals surface area contributed by atoms with E-state index in [2.05, 4.69) is 0 Å². The van der Waals surface area contributed by atoms with Crippen LogP contribution in [0.1, 0.15) is 19.4 Å². The Hall–Kier alpha value is -1.42. The highest BCUT2D eigenvalue weighted by Gasteiger charge is 2.28. The molecule has 0 unspecified atom stereocenters. The molecule has 4 heteroatoms. The maximum atomic E-state index is 13.6. The van der Waals surface area contributed by atoms with Gasteiger partial charge in [0.25, 0.3) is 0 Å². The molecular weight excluding hydrogens is 209 g/mol. The summed E-state index contributed by atoms with van der Waals surface area (Å²) in [5.41, 5.74) is 0.818. The Labute approximate surface area is 94.4 Å². The molecule has 16 heavy (non-hydrogen) atoms. The van der Waals surface area contributed by atoms with E-state index in [1.807, 2.05) is 18.2 Å². The van der Waals surface area contributed by atoms with E-state index in [1.54, 1.807) is 26.0 Å². The van der Waals surface area contributed by atoms with Crippen molar-refractivity contribution in [2.24, 2.45) is 0 Å². The first-order valence-corrected chi connectivity index (χ1v) is 5.23. The fourth-order valence-corrected chi connectivity index (χ4v) is 1.48. The molecule has 0 aromatic heterocycles. The van der Waals surface area contributed by atoms with Crippen molar-refractivity contribution in [2.75, 3.05) is 0 Å². The second-order valence-electron chi connectivity index (χ2n) is 3.98. The fourth-order valence-electron chi connectivity index (χ4n) is 1.48. The first-order valence-electron chi connectivity index (χ1n) is 5.23. The summed E-state index contributed by atoms with van der Waals surface area (Å²) in [4.78, 5) is 11.0. The van der Waals surface area contributed by atoms with Crippen molar-refractivity contribution in [3.63, 3.8) is 0 Å². The van der Waals surface area contributed by atoms with Gasteiger partial charge in [-0.3, -0.25) is 4.79 Å². The van der Waals surface area contributed by atoms with Gasteiger partial charge >= 0.3 is 5.97 Å². The molecule has 88 valence electrons. The lowest BCUT2D eigenvalue weighted by atomic mass is 10.1. The van der Waals surface area contributed by atoms with Gasteiger partial charge in [0.2, 0.25) is 0 Å². The molecule has 0 heterocycles. The van der Waals surface area contributed by atoms with Crippen LogP contribution in [-0.4, -0.2) is 28.3 Å². The van der Waals surface area contributed by atoms with Crippen molar-refractivity contribution < 1.29 is 14.4 Å². The number of hydrogen-bond donors (Lipinski definition) is 1. The first-order chi connectivity index (χ1) is 7.52. The minimum absolute atomic E-state index is 0.171. The first kappa shape index (κ1) is 12.6. The minimum Gasteiger partial charge on any atom is -0.480 e. The molecule has 0 amide bonds. The van der Waals surface area contributed by atoms with Crippen molar-refractivity contribution in [1.29, 1.82) is 0 Å². The predicted molar refractivity (Wildman–Crippen MR) is 59.7 cm³/mol. The van der Waals surface area contributed by atoms with Crippen molar-refractivity contribution in [1.82, 2.24) is 5.12 Å². The van der Waals surface area contributed by atoms with Gasteiger partial charge in [0, 0.05) is 12.5 Å². The lowest BCUT2D eigenvalue weighted by Crippen LogP contribution is -2.41. The standard InChI is InChI=1S/C12H16FNO2/c1-9(2)14(13)11(12(15)16)8-10-6-4-3-5-7-10/h3-7,9,11H,8H2,1-2H3,(H,15,16)/t11-/m0/s1. The second-order valence-corrected chi connectivity index (χ2v) is 3.98. The summed E-state index contributed by atoms with van der Waals surface area (Å²) in [6.45, 7) is 3.25. The van der Waals surface area contributed by atoms with Crippen molar-refractivity contribution >= 4 is 5.97 Å². The van der Waals surface area contributed by atoms with Gasteiger partial charge in [0.05, 0.1) is 0 Å². The summed E-state index contributed by atoms with van der Waals surface area (Å²) in [5, 5.41) is 9.36. The molecule has 0 saturated carbocycles. The molecule has 0 aliphatic rings. The maximum absolute atomic E-state index is 13.6. The van der Waals surface area contributed by atoms with E-state index >= 15 is 0 Å². The van der Waals surface area contributed by atoms with Crippen LogP contribution in [0.2, 0.25) is 0 Å². The van der Waals surface area contributed by atoms with Gasteiger partial charge < -0.3 is 5.11 Å². The monoisotopic (exact) mass is 225 g/mol. The molecule has 1 aromatic carbocycles. The normalized spacial score (nSPS) is 13.1. The Morgan fingerprint density at radius 2 is 1.94 bits per heavy atom. The molecule has 1 aromatic rings. The molecular formula is C12H16FNO2. The zero-order valence-electron chi connectivity index (χ0n) is 9.43. The van der Waals surface area contributed by atoms with Gasteiger partial charge in [0.1, 0.15) is 6.04 Å². The van der Waals surface area contributed by atoms with Crippen molar-refractivity contribution in [3.05, 3.63) is 35.9 Å². The summed E-state index contributed by atoms with van der Waals surface area (Å²) < 4.78 is 13.6. The molecule has 0 saturated heterocycles. The molecule has 1 rings (SSSR count). The average Bonchev–Trinajstić information content (AvgIpc) is 2.26. The number of carbonyl (C=O) groups is 1. The number of hydrogen-bond acceptors (Lipinski definition) is 2. The number of carboxylic acid groups (broad SMARTS) is 1. The van der Waals surface area contributed by atoms with Crippen LogP contribution in [0.5, 0.6) is 0 Å². The second kappa shape index (κ2) is 5.61. The lowest BCUT2D eigenvalue weighted by Gasteiger charge is -2.23. The van der Waals surface area contributed by atoms with E-state index < -0.39 is 18.1 Å². The Morgan fingerprint density at radius 1 is 1.38 bits per heavy atom. The van der Waals surface area contributed by atoms with E-state index in [1.165, 1.54) is 0 Å². The quantitative estimate of drug-likeness (QED) is 0.781. The topological polar surface area (TPSA) is 40.5 Å². The number of aliphatic carboxylic acids is 1. The van der Waals surface area contributed by atoms with Crippen LogP contribution in [0.4, 0.5) is 4.48 Å². The Bertz CT molecular complexity index is 340. The summed E-state index contributed by atoms with van der Waals surface area (Å²) in [6, 6.07) is 7.49. The third kappa shape index (κ3) is 3.31. The van der Waals surface area contributed by atoms with Crippen molar-refractivity contribution in [3.8, 4) is 0 Å². The minimum atomic E-state index is -1.14. The fraction of sp³-hybridized carbons (Fsp3) is 0.417. The average molecular weight is 225 g/mol. The molecule has 1 atom stereocenters. The number of rotatable bonds is 5. The summed E-state index contributed by atoms with van der Waals surface area (Å²) in [5.74, 6) is -1.14. The number of nitrogens with zero attached hydrogens (tertiary/aromatic N) is 1. The summed E-state index contributed by atoms with van der Waals surface area (Å²) in [7, 11) is 0. The van der Waals surface area contributed by atoms with Crippen LogP contribution in [0.15, 0.2) is 30.3 Å². The van der Waals surface area contributed by atoms with Gasteiger partial charge in [0.15, 0.2) is 0 Å². The van der Waals surface area contributed by atoms with Gasteiger partial charge in [-0.25, -0.2) is 0 Å². The molecule has 0 aliphatic carbocycles. The van der Waals surface area contributed by atoms with Crippen molar-refractivity contribution in [2.45, 2.75) is 32.4 Å². The SMILES string of the molecule is CC(C)N(F)[C@@H](Cc1ccccc1)C(=O)O. The van der Waals surface area contributed by atoms with Crippen LogP contribution in [0.3, 0.4) is 0 Å². The van der Waals surface area contributed by atoms with E-state index in [0.717, 1.165) is 5.56 Å². The zero-order chi connectivity index (χ0) is 12.1. The molecule has 0 spiro atoms. The highest BCUT2D eigenvalue weighted by atomic mass is 19.2. The highest BCUT2D eigenvalue weighted by Crippen LogP contribution is 2.12. The van der Waals surface area contributed by atoms with Crippen LogP contribution in [-0.2, 0) is 11.2 Å². The maximum Gasteiger partial charge on any atom is 0.323 e. The van der Waals surface area contributed by atoms with Crippen LogP contribution in [0, 0.1) is 0 Å². The smallest absolute Gasteiger partial charge is 0.323 e. The van der Waals surface area contributed by atoms with E-state index in [9.17, 15) is 9.28 Å². The number of halogens is 1. The van der Waals surface area contributed by atoms with E-state index in [4.69, 9.17) is 5.11 Å². The van der Waals surface area contributed by atoms with E-state index in [-0.39, 0.29) is 6.42 Å². The Morgan fingerprint density at radius 3 is 2.38 bits per heavy atom. The molecule has 0 radical (unpaired) electrons. The van der Waals surface area contributed by atoms with Crippen LogP contribution < -0.4 is 0 Å². The molecule has 1 N–H and O–H groups in total. The number of benzene rings is 1. The van der Waals surface area contributed by atoms with Crippen LogP contribution >= 0.6 is 0 Å².